The largest absolute Gasteiger partial charge is 0.524 e. The number of carboxylic acid groups (broad SMARTS) is 1. The van der Waals surface area contributed by atoms with E-state index in [1.807, 2.05) is 0 Å². The van der Waals surface area contributed by atoms with Crippen molar-refractivity contribution in [2.24, 2.45) is 0 Å². The van der Waals surface area contributed by atoms with Crippen LogP contribution >= 0.6 is 7.82 Å². The van der Waals surface area contributed by atoms with Crippen LogP contribution in [0.3, 0.4) is 0 Å². The molecule has 1 rings (SSSR count). The summed E-state index contributed by atoms with van der Waals surface area (Å²) >= 11 is 0. The quantitative estimate of drug-likeness (QED) is 0.440. The molecular weight excluding hydrogens is 225 g/mol. The molecule has 0 heterocycles. The minimum Gasteiger partial charge on any atom is -0.478 e. The third kappa shape index (κ3) is 3.25. The summed E-state index contributed by atoms with van der Waals surface area (Å²) < 4.78 is 14.7. The summed E-state index contributed by atoms with van der Waals surface area (Å²) in [6.07, 6.45) is 0. The number of aromatic carboxylic acids is 1. The molecule has 0 saturated carbocycles. The van der Waals surface area contributed by atoms with Gasteiger partial charge in [-0.05, 0) is 18.2 Å². The third-order valence-electron chi connectivity index (χ3n) is 1.45. The van der Waals surface area contributed by atoms with Crippen LogP contribution in [0.5, 0.6) is 5.75 Å². The fraction of sp³-hybridized carbons (Fsp3) is 0. The topological polar surface area (TPSA) is 130 Å². The van der Waals surface area contributed by atoms with Crippen molar-refractivity contribution in [2.75, 3.05) is 5.73 Å². The highest BCUT2D eigenvalue weighted by atomic mass is 31.2. The SMILES string of the molecule is Nc1ccc(OP(=O)(O)O)c(C(=O)O)c1. The fourth-order valence-corrected chi connectivity index (χ4v) is 1.34. The van der Waals surface area contributed by atoms with Crippen LogP contribution < -0.4 is 10.3 Å². The molecule has 0 radical (unpaired) electrons. The predicted octanol–water partition coefficient (Wildman–Crippen LogP) is 0.439. The first kappa shape index (κ1) is 11.5. The molecule has 1 aromatic carbocycles. The maximum atomic E-state index is 10.7. The molecule has 0 atom stereocenters. The number of nitrogen functional groups attached to an aromatic ring is 1. The maximum absolute atomic E-state index is 10.7. The summed E-state index contributed by atoms with van der Waals surface area (Å²) in [7, 11) is -4.77. The number of rotatable bonds is 3. The average molecular weight is 233 g/mol. The number of hydrogen-bond donors (Lipinski definition) is 4. The highest BCUT2D eigenvalue weighted by Crippen LogP contribution is 2.39. The smallest absolute Gasteiger partial charge is 0.478 e. The molecule has 1 aromatic rings. The Hall–Kier alpha value is -1.56. The van der Waals surface area contributed by atoms with Gasteiger partial charge in [0.25, 0.3) is 0 Å². The van der Waals surface area contributed by atoms with Crippen molar-refractivity contribution in [1.82, 2.24) is 0 Å². The van der Waals surface area contributed by atoms with Crippen molar-refractivity contribution in [1.29, 1.82) is 0 Å². The molecule has 0 unspecified atom stereocenters. The maximum Gasteiger partial charge on any atom is 0.524 e. The van der Waals surface area contributed by atoms with Crippen molar-refractivity contribution in [2.45, 2.75) is 0 Å². The first-order chi connectivity index (χ1) is 6.79. The van der Waals surface area contributed by atoms with Gasteiger partial charge in [0.2, 0.25) is 0 Å². The van der Waals surface area contributed by atoms with Gasteiger partial charge in [-0.1, -0.05) is 0 Å². The Morgan fingerprint density at radius 2 is 2.00 bits per heavy atom. The van der Waals surface area contributed by atoms with Crippen LogP contribution in [-0.4, -0.2) is 20.9 Å². The van der Waals surface area contributed by atoms with Crippen LogP contribution in [0.4, 0.5) is 5.69 Å². The number of nitrogens with two attached hydrogens (primary N) is 1. The molecule has 8 heteroatoms. The Kier molecular flexibility index (Phi) is 2.99. The Bertz CT molecular complexity index is 439. The van der Waals surface area contributed by atoms with Gasteiger partial charge >= 0.3 is 13.8 Å². The molecule has 5 N–H and O–H groups in total. The number of phosphoric acid groups is 1. The van der Waals surface area contributed by atoms with Crippen LogP contribution in [-0.2, 0) is 4.57 Å². The number of carboxylic acids is 1. The lowest BCUT2D eigenvalue weighted by Crippen LogP contribution is -2.02. The second-order valence-electron chi connectivity index (χ2n) is 2.64. The van der Waals surface area contributed by atoms with Crippen LogP contribution in [0.1, 0.15) is 10.4 Å². The first-order valence-electron chi connectivity index (χ1n) is 3.67. The first-order valence-corrected chi connectivity index (χ1v) is 5.20. The van der Waals surface area contributed by atoms with Crippen LogP contribution in [0, 0.1) is 0 Å². The molecule has 82 valence electrons. The Balaban J connectivity index is 3.18. The van der Waals surface area contributed by atoms with E-state index in [2.05, 4.69) is 4.52 Å². The summed E-state index contributed by atoms with van der Waals surface area (Å²) in [5.41, 5.74) is 5.07. The molecule has 0 spiro atoms. The molecule has 0 fully saturated rings. The number of anilines is 1. The number of phosphoric ester groups is 1. The molecule has 0 aliphatic heterocycles. The minimum atomic E-state index is -4.77. The summed E-state index contributed by atoms with van der Waals surface area (Å²) in [6.45, 7) is 0. The van der Waals surface area contributed by atoms with Crippen molar-refractivity contribution >= 4 is 19.5 Å². The molecule has 0 amide bonds. The zero-order valence-corrected chi connectivity index (χ0v) is 8.22. The van der Waals surface area contributed by atoms with E-state index in [0.717, 1.165) is 12.1 Å². The molecule has 0 saturated heterocycles. The highest BCUT2D eigenvalue weighted by Gasteiger charge is 2.21. The summed E-state index contributed by atoms with van der Waals surface area (Å²) in [5, 5.41) is 8.70. The molecule has 0 bridgehead atoms. The van der Waals surface area contributed by atoms with E-state index >= 15 is 0 Å². The van der Waals surface area contributed by atoms with Gasteiger partial charge < -0.3 is 15.4 Å². The van der Waals surface area contributed by atoms with E-state index in [0.29, 0.717) is 0 Å². The number of carbonyl (C=O) groups is 1. The van der Waals surface area contributed by atoms with Gasteiger partial charge in [0.1, 0.15) is 11.3 Å². The Morgan fingerprint density at radius 3 is 2.47 bits per heavy atom. The summed E-state index contributed by atoms with van der Waals surface area (Å²) in [6, 6.07) is 3.41. The molecule has 0 aliphatic rings. The van der Waals surface area contributed by atoms with E-state index in [1.165, 1.54) is 6.07 Å². The van der Waals surface area contributed by atoms with Crippen LogP contribution in [0.15, 0.2) is 18.2 Å². The van der Waals surface area contributed by atoms with Gasteiger partial charge in [0.15, 0.2) is 0 Å². The van der Waals surface area contributed by atoms with Gasteiger partial charge in [-0.25, -0.2) is 9.36 Å². The van der Waals surface area contributed by atoms with E-state index in [4.69, 9.17) is 20.6 Å². The van der Waals surface area contributed by atoms with Crippen molar-refractivity contribution in [3.8, 4) is 5.75 Å². The predicted molar refractivity (Wildman–Crippen MR) is 50.5 cm³/mol. The number of benzene rings is 1. The van der Waals surface area contributed by atoms with Gasteiger partial charge in [-0.2, -0.15) is 0 Å². The van der Waals surface area contributed by atoms with Gasteiger partial charge in [0, 0.05) is 5.69 Å². The van der Waals surface area contributed by atoms with E-state index in [1.54, 1.807) is 0 Å². The second kappa shape index (κ2) is 3.90. The van der Waals surface area contributed by atoms with Crippen molar-refractivity contribution < 1.29 is 28.8 Å². The van der Waals surface area contributed by atoms with E-state index < -0.39 is 25.1 Å². The van der Waals surface area contributed by atoms with Crippen LogP contribution in [0.25, 0.3) is 0 Å². The van der Waals surface area contributed by atoms with Gasteiger partial charge in [-0.3, -0.25) is 9.79 Å². The normalized spacial score (nSPS) is 11.1. The standard InChI is InChI=1S/C7H8NO6P/c8-4-1-2-6(14-15(11,12)13)5(3-4)7(9)10/h1-3H,8H2,(H,9,10)(H2,11,12,13). The lowest BCUT2D eigenvalue weighted by molar-refractivity contribution is 0.0695. The highest BCUT2D eigenvalue weighted by molar-refractivity contribution is 7.46. The summed E-state index contributed by atoms with van der Waals surface area (Å²) in [4.78, 5) is 27.7. The molecule has 0 aromatic heterocycles. The van der Waals surface area contributed by atoms with Crippen molar-refractivity contribution in [3.05, 3.63) is 23.8 Å². The van der Waals surface area contributed by atoms with E-state index in [-0.39, 0.29) is 5.69 Å². The average Bonchev–Trinajstić information content (AvgIpc) is 2.05. The second-order valence-corrected chi connectivity index (χ2v) is 3.81. The van der Waals surface area contributed by atoms with E-state index in [9.17, 15) is 9.36 Å². The molecule has 7 nitrogen and oxygen atoms in total. The monoisotopic (exact) mass is 233 g/mol. The number of hydrogen-bond acceptors (Lipinski definition) is 4. The zero-order chi connectivity index (χ0) is 11.6. The minimum absolute atomic E-state index is 0.158. The van der Waals surface area contributed by atoms with Gasteiger partial charge in [0.05, 0.1) is 0 Å². The van der Waals surface area contributed by atoms with Crippen LogP contribution in [0.2, 0.25) is 0 Å². The summed E-state index contributed by atoms with van der Waals surface area (Å²) in [5.74, 6) is -1.81. The Morgan fingerprint density at radius 1 is 1.40 bits per heavy atom. The molecular formula is C7H8NO6P. The fourth-order valence-electron chi connectivity index (χ4n) is 0.922. The molecule has 0 aliphatic carbocycles. The lowest BCUT2D eigenvalue weighted by Gasteiger charge is -2.09. The van der Waals surface area contributed by atoms with Gasteiger partial charge in [-0.15, -0.1) is 0 Å². The van der Waals surface area contributed by atoms with Crippen molar-refractivity contribution in [3.63, 3.8) is 0 Å². The molecule has 15 heavy (non-hydrogen) atoms. The zero-order valence-electron chi connectivity index (χ0n) is 7.32. The lowest BCUT2D eigenvalue weighted by atomic mass is 10.2. The third-order valence-corrected chi connectivity index (χ3v) is 1.89. The Labute approximate surface area is 84.3 Å².